The maximum absolute atomic E-state index is 11.5. The average Bonchev–Trinajstić information content (AvgIpc) is 2.27. The van der Waals surface area contributed by atoms with Gasteiger partial charge in [-0.15, -0.1) is 0 Å². The molecule has 0 aliphatic rings. The molecule has 1 aromatic rings. The summed E-state index contributed by atoms with van der Waals surface area (Å²) in [5.74, 6) is -0.134. The second-order valence-corrected chi connectivity index (χ2v) is 3.52. The molecule has 1 rings (SSSR count). The molecule has 1 atom stereocenters. The topological polar surface area (TPSA) is 49.3 Å². The smallest absolute Gasteiger partial charge is 0.251 e. The van der Waals surface area contributed by atoms with Gasteiger partial charge < -0.3 is 10.4 Å². The number of hydrogen-bond acceptors (Lipinski definition) is 2. The number of aliphatic hydroxyl groups is 1. The van der Waals surface area contributed by atoms with Gasteiger partial charge in [-0.2, -0.15) is 0 Å². The maximum atomic E-state index is 11.5. The van der Waals surface area contributed by atoms with E-state index in [4.69, 9.17) is 0 Å². The lowest BCUT2D eigenvalue weighted by Crippen LogP contribution is -2.31. The van der Waals surface area contributed by atoms with Crippen LogP contribution in [0.1, 0.15) is 30.1 Å². The number of amides is 1. The van der Waals surface area contributed by atoms with Crippen molar-refractivity contribution in [3.8, 4) is 0 Å². The zero-order valence-corrected chi connectivity index (χ0v) is 8.94. The van der Waals surface area contributed by atoms with Gasteiger partial charge in [-0.3, -0.25) is 4.79 Å². The van der Waals surface area contributed by atoms with Gasteiger partial charge in [-0.1, -0.05) is 31.5 Å². The highest BCUT2D eigenvalue weighted by atomic mass is 16.3. The first-order valence-electron chi connectivity index (χ1n) is 5.25. The zero-order chi connectivity index (χ0) is 11.1. The second kappa shape index (κ2) is 6.19. The van der Waals surface area contributed by atoms with Crippen LogP contribution in [-0.2, 0) is 0 Å². The summed E-state index contributed by atoms with van der Waals surface area (Å²) in [6, 6.07) is 9.00. The van der Waals surface area contributed by atoms with Gasteiger partial charge >= 0.3 is 0 Å². The third-order valence-corrected chi connectivity index (χ3v) is 2.16. The molecule has 3 nitrogen and oxygen atoms in total. The molecule has 1 aromatic carbocycles. The van der Waals surface area contributed by atoms with Gasteiger partial charge in [0.25, 0.3) is 5.91 Å². The van der Waals surface area contributed by atoms with Crippen molar-refractivity contribution in [1.82, 2.24) is 5.32 Å². The lowest BCUT2D eigenvalue weighted by atomic mass is 10.2. The Morgan fingerprint density at radius 3 is 2.67 bits per heavy atom. The number of carbonyl (C=O) groups is 1. The summed E-state index contributed by atoms with van der Waals surface area (Å²) in [7, 11) is 0. The van der Waals surface area contributed by atoms with Crippen molar-refractivity contribution in [2.24, 2.45) is 0 Å². The molecule has 82 valence electrons. The van der Waals surface area contributed by atoms with Crippen molar-refractivity contribution >= 4 is 5.91 Å². The van der Waals surface area contributed by atoms with Crippen molar-refractivity contribution in [3.05, 3.63) is 35.9 Å². The highest BCUT2D eigenvalue weighted by molar-refractivity contribution is 5.94. The predicted molar refractivity (Wildman–Crippen MR) is 59.7 cm³/mol. The van der Waals surface area contributed by atoms with Gasteiger partial charge in [0.15, 0.2) is 0 Å². The molecule has 0 heterocycles. The third-order valence-electron chi connectivity index (χ3n) is 2.16. The van der Waals surface area contributed by atoms with Crippen LogP contribution in [0.2, 0.25) is 0 Å². The Labute approximate surface area is 90.1 Å². The summed E-state index contributed by atoms with van der Waals surface area (Å²) < 4.78 is 0. The number of benzene rings is 1. The van der Waals surface area contributed by atoms with Crippen molar-refractivity contribution in [1.29, 1.82) is 0 Å². The SMILES string of the molecule is CCC[C@@H](O)CNC(=O)c1ccccc1. The molecule has 15 heavy (non-hydrogen) atoms. The quantitative estimate of drug-likeness (QED) is 0.770. The van der Waals surface area contributed by atoms with Crippen LogP contribution < -0.4 is 5.32 Å². The van der Waals surface area contributed by atoms with Crippen molar-refractivity contribution in [3.63, 3.8) is 0 Å². The third kappa shape index (κ3) is 4.13. The van der Waals surface area contributed by atoms with E-state index < -0.39 is 6.10 Å². The zero-order valence-electron chi connectivity index (χ0n) is 8.94. The first-order valence-corrected chi connectivity index (χ1v) is 5.25. The highest BCUT2D eigenvalue weighted by Gasteiger charge is 2.07. The van der Waals surface area contributed by atoms with Crippen LogP contribution in [0, 0.1) is 0 Å². The van der Waals surface area contributed by atoms with Gasteiger partial charge in [0.05, 0.1) is 6.10 Å². The van der Waals surface area contributed by atoms with E-state index in [1.54, 1.807) is 12.1 Å². The molecule has 0 aliphatic carbocycles. The highest BCUT2D eigenvalue weighted by Crippen LogP contribution is 1.99. The molecule has 0 unspecified atom stereocenters. The molecule has 0 bridgehead atoms. The van der Waals surface area contributed by atoms with E-state index in [1.807, 2.05) is 25.1 Å². The molecule has 0 saturated heterocycles. The van der Waals surface area contributed by atoms with Crippen LogP contribution >= 0.6 is 0 Å². The molecule has 0 radical (unpaired) electrons. The summed E-state index contributed by atoms with van der Waals surface area (Å²) in [5, 5.41) is 12.1. The molecule has 0 spiro atoms. The number of carbonyl (C=O) groups excluding carboxylic acids is 1. The van der Waals surface area contributed by atoms with E-state index in [-0.39, 0.29) is 5.91 Å². The Balaban J connectivity index is 2.37. The van der Waals surface area contributed by atoms with Crippen molar-refractivity contribution in [2.45, 2.75) is 25.9 Å². The molecule has 0 aliphatic heterocycles. The van der Waals surface area contributed by atoms with Gasteiger partial charge in [-0.05, 0) is 18.6 Å². The van der Waals surface area contributed by atoms with E-state index >= 15 is 0 Å². The molecule has 0 fully saturated rings. The summed E-state index contributed by atoms with van der Waals surface area (Å²) in [5.41, 5.74) is 0.626. The monoisotopic (exact) mass is 207 g/mol. The number of hydrogen-bond donors (Lipinski definition) is 2. The second-order valence-electron chi connectivity index (χ2n) is 3.52. The van der Waals surface area contributed by atoms with Crippen LogP contribution in [0.3, 0.4) is 0 Å². The van der Waals surface area contributed by atoms with Crippen LogP contribution in [0.5, 0.6) is 0 Å². The lowest BCUT2D eigenvalue weighted by Gasteiger charge is -2.10. The lowest BCUT2D eigenvalue weighted by molar-refractivity contribution is 0.0910. The molecule has 0 aromatic heterocycles. The molecular weight excluding hydrogens is 190 g/mol. The molecule has 3 heteroatoms. The van der Waals surface area contributed by atoms with Gasteiger partial charge in [0, 0.05) is 12.1 Å². The maximum Gasteiger partial charge on any atom is 0.251 e. The standard InChI is InChI=1S/C12H17NO2/c1-2-6-11(14)9-13-12(15)10-7-4-3-5-8-10/h3-5,7-8,11,14H,2,6,9H2,1H3,(H,13,15)/t11-/m1/s1. The summed E-state index contributed by atoms with van der Waals surface area (Å²) in [6.45, 7) is 2.32. The van der Waals surface area contributed by atoms with Crippen LogP contribution in [0.15, 0.2) is 30.3 Å². The minimum absolute atomic E-state index is 0.134. The fourth-order valence-electron chi connectivity index (χ4n) is 1.34. The summed E-state index contributed by atoms with van der Waals surface area (Å²) in [4.78, 5) is 11.5. The molecule has 0 saturated carbocycles. The Kier molecular flexibility index (Phi) is 4.84. The Morgan fingerprint density at radius 2 is 2.07 bits per heavy atom. The van der Waals surface area contributed by atoms with E-state index in [0.29, 0.717) is 12.1 Å². The fraction of sp³-hybridized carbons (Fsp3) is 0.417. The first kappa shape index (κ1) is 11.7. The van der Waals surface area contributed by atoms with Gasteiger partial charge in [0.1, 0.15) is 0 Å². The first-order chi connectivity index (χ1) is 7.24. The van der Waals surface area contributed by atoms with Crippen LogP contribution in [0.25, 0.3) is 0 Å². The fourth-order valence-corrected chi connectivity index (χ4v) is 1.34. The van der Waals surface area contributed by atoms with Gasteiger partial charge in [-0.25, -0.2) is 0 Å². The molecule has 1 amide bonds. The van der Waals surface area contributed by atoms with Gasteiger partial charge in [0.2, 0.25) is 0 Å². The predicted octanol–water partition coefficient (Wildman–Crippen LogP) is 1.58. The number of aliphatic hydroxyl groups excluding tert-OH is 1. The largest absolute Gasteiger partial charge is 0.391 e. The average molecular weight is 207 g/mol. The molecular formula is C12H17NO2. The van der Waals surface area contributed by atoms with Crippen LogP contribution in [-0.4, -0.2) is 23.7 Å². The van der Waals surface area contributed by atoms with E-state index in [2.05, 4.69) is 5.32 Å². The normalized spacial score (nSPS) is 12.1. The van der Waals surface area contributed by atoms with E-state index in [1.165, 1.54) is 0 Å². The van der Waals surface area contributed by atoms with Crippen LogP contribution in [0.4, 0.5) is 0 Å². The summed E-state index contributed by atoms with van der Waals surface area (Å²) in [6.07, 6.45) is 1.19. The molecule has 2 N–H and O–H groups in total. The Morgan fingerprint density at radius 1 is 1.40 bits per heavy atom. The van der Waals surface area contributed by atoms with Crippen molar-refractivity contribution in [2.75, 3.05) is 6.54 Å². The minimum atomic E-state index is -0.442. The number of nitrogens with one attached hydrogen (secondary N) is 1. The minimum Gasteiger partial charge on any atom is -0.391 e. The van der Waals surface area contributed by atoms with E-state index in [9.17, 15) is 9.90 Å². The Bertz CT molecular complexity index is 298. The number of rotatable bonds is 5. The summed E-state index contributed by atoms with van der Waals surface area (Å²) >= 11 is 0. The van der Waals surface area contributed by atoms with E-state index in [0.717, 1.165) is 12.8 Å². The Hall–Kier alpha value is -1.35. The van der Waals surface area contributed by atoms with Crippen molar-refractivity contribution < 1.29 is 9.90 Å².